The number of benzene rings is 1. The summed E-state index contributed by atoms with van der Waals surface area (Å²) in [5.74, 6) is -0.408. The third-order valence-electron chi connectivity index (χ3n) is 4.55. The molecule has 1 aromatic carbocycles. The number of aromatic nitrogens is 1. The van der Waals surface area contributed by atoms with Crippen molar-refractivity contribution in [1.29, 1.82) is 0 Å². The van der Waals surface area contributed by atoms with Crippen LogP contribution in [0.2, 0.25) is 0 Å². The first kappa shape index (κ1) is 15.7. The van der Waals surface area contributed by atoms with Crippen LogP contribution in [0.25, 0.3) is 0 Å². The molecule has 1 aliphatic heterocycles. The van der Waals surface area contributed by atoms with Crippen molar-refractivity contribution in [3.05, 3.63) is 59.7 Å². The van der Waals surface area contributed by atoms with E-state index in [9.17, 15) is 14.3 Å². The quantitative estimate of drug-likeness (QED) is 0.945. The van der Waals surface area contributed by atoms with Crippen molar-refractivity contribution in [2.24, 2.45) is 7.05 Å². The average Bonchev–Trinajstić information content (AvgIpc) is 2.96. The van der Waals surface area contributed by atoms with Gasteiger partial charge >= 0.3 is 0 Å². The van der Waals surface area contributed by atoms with Gasteiger partial charge in [-0.25, -0.2) is 4.39 Å². The van der Waals surface area contributed by atoms with Crippen molar-refractivity contribution in [3.63, 3.8) is 0 Å². The summed E-state index contributed by atoms with van der Waals surface area (Å²) in [6.07, 6.45) is 2.90. The zero-order valence-electron chi connectivity index (χ0n) is 13.2. The lowest BCUT2D eigenvalue weighted by Crippen LogP contribution is -2.52. The molecule has 0 bridgehead atoms. The van der Waals surface area contributed by atoms with Crippen LogP contribution >= 0.6 is 0 Å². The fraction of sp³-hybridized carbons (Fsp3) is 0.389. The second-order valence-electron chi connectivity index (χ2n) is 6.08. The Labute approximate surface area is 135 Å². The number of halogens is 1. The Balaban J connectivity index is 1.87. The SMILES string of the molecule is Cn1cccc1C(=O)N1CCC[C@H](O)[C@@H]1Cc1ccccc1F. The van der Waals surface area contributed by atoms with Gasteiger partial charge in [0.25, 0.3) is 5.91 Å². The Kier molecular flexibility index (Phi) is 4.48. The van der Waals surface area contributed by atoms with Crippen LogP contribution in [0.5, 0.6) is 0 Å². The van der Waals surface area contributed by atoms with Gasteiger partial charge in [-0.05, 0) is 43.0 Å². The van der Waals surface area contributed by atoms with E-state index < -0.39 is 12.1 Å². The number of aliphatic hydroxyl groups is 1. The van der Waals surface area contributed by atoms with Crippen LogP contribution in [0.15, 0.2) is 42.6 Å². The molecule has 23 heavy (non-hydrogen) atoms. The van der Waals surface area contributed by atoms with Crippen molar-refractivity contribution in [2.75, 3.05) is 6.54 Å². The van der Waals surface area contributed by atoms with Crippen molar-refractivity contribution in [2.45, 2.75) is 31.4 Å². The number of aliphatic hydroxyl groups excluding tert-OH is 1. The van der Waals surface area contributed by atoms with Gasteiger partial charge in [-0.1, -0.05) is 18.2 Å². The highest BCUT2D eigenvalue weighted by Gasteiger charge is 2.34. The van der Waals surface area contributed by atoms with E-state index in [1.165, 1.54) is 6.07 Å². The van der Waals surface area contributed by atoms with Crippen molar-refractivity contribution >= 4 is 5.91 Å². The van der Waals surface area contributed by atoms with E-state index in [2.05, 4.69) is 0 Å². The molecule has 1 N–H and O–H groups in total. The largest absolute Gasteiger partial charge is 0.391 e. The highest BCUT2D eigenvalue weighted by atomic mass is 19.1. The molecule has 1 aromatic heterocycles. The van der Waals surface area contributed by atoms with Gasteiger partial charge in [0.05, 0.1) is 12.1 Å². The molecule has 122 valence electrons. The Hall–Kier alpha value is -2.14. The van der Waals surface area contributed by atoms with Crippen LogP contribution in [0.3, 0.4) is 0 Å². The number of hydrogen-bond acceptors (Lipinski definition) is 2. The molecule has 0 spiro atoms. The lowest BCUT2D eigenvalue weighted by atomic mass is 9.92. The van der Waals surface area contributed by atoms with E-state index in [4.69, 9.17) is 0 Å². The molecule has 2 atom stereocenters. The predicted molar refractivity (Wildman–Crippen MR) is 85.6 cm³/mol. The molecule has 0 saturated carbocycles. The second-order valence-corrected chi connectivity index (χ2v) is 6.08. The molecule has 1 aliphatic rings. The second kappa shape index (κ2) is 6.54. The summed E-state index contributed by atoms with van der Waals surface area (Å²) in [4.78, 5) is 14.5. The number of nitrogens with zero attached hydrogens (tertiary/aromatic N) is 2. The summed E-state index contributed by atoms with van der Waals surface area (Å²) in [6, 6.07) is 9.72. The Morgan fingerprint density at radius 3 is 2.78 bits per heavy atom. The standard InChI is InChI=1S/C18H21FN2O2/c1-20-10-4-8-15(20)18(23)21-11-5-9-17(22)16(21)12-13-6-2-3-7-14(13)19/h2-4,6-8,10,16-17,22H,5,9,11-12H2,1H3/t16-,17-/m0/s1. The Morgan fingerprint density at radius 1 is 1.30 bits per heavy atom. The fourth-order valence-electron chi connectivity index (χ4n) is 3.25. The van der Waals surface area contributed by atoms with Gasteiger partial charge in [-0.3, -0.25) is 4.79 Å². The topological polar surface area (TPSA) is 45.5 Å². The van der Waals surface area contributed by atoms with Gasteiger partial charge in [0.15, 0.2) is 0 Å². The van der Waals surface area contributed by atoms with Gasteiger partial charge < -0.3 is 14.6 Å². The van der Waals surface area contributed by atoms with Crippen LogP contribution in [-0.2, 0) is 13.5 Å². The zero-order chi connectivity index (χ0) is 16.4. The van der Waals surface area contributed by atoms with Gasteiger partial charge in [0.1, 0.15) is 11.5 Å². The summed E-state index contributed by atoms with van der Waals surface area (Å²) in [6.45, 7) is 0.584. The van der Waals surface area contributed by atoms with Gasteiger partial charge in [0.2, 0.25) is 0 Å². The molecule has 0 radical (unpaired) electrons. The van der Waals surface area contributed by atoms with Crippen molar-refractivity contribution in [1.82, 2.24) is 9.47 Å². The lowest BCUT2D eigenvalue weighted by molar-refractivity contribution is 0.0110. The fourth-order valence-corrected chi connectivity index (χ4v) is 3.25. The monoisotopic (exact) mass is 316 g/mol. The van der Waals surface area contributed by atoms with Crippen LogP contribution in [-0.4, -0.2) is 39.2 Å². The molecular formula is C18H21FN2O2. The number of likely N-dealkylation sites (tertiary alicyclic amines) is 1. The number of carbonyl (C=O) groups is 1. The molecule has 1 amide bonds. The summed E-state index contributed by atoms with van der Waals surface area (Å²) in [5.41, 5.74) is 1.11. The maximum Gasteiger partial charge on any atom is 0.270 e. The first-order chi connectivity index (χ1) is 11.1. The van der Waals surface area contributed by atoms with Crippen LogP contribution in [0, 0.1) is 5.82 Å². The minimum Gasteiger partial charge on any atom is -0.391 e. The number of piperidine rings is 1. The molecule has 3 rings (SSSR count). The van der Waals surface area contributed by atoms with E-state index in [1.807, 2.05) is 19.3 Å². The Morgan fingerprint density at radius 2 is 2.09 bits per heavy atom. The van der Waals surface area contributed by atoms with Gasteiger partial charge in [0, 0.05) is 19.8 Å². The number of hydrogen-bond donors (Lipinski definition) is 1. The average molecular weight is 316 g/mol. The van der Waals surface area contributed by atoms with Gasteiger partial charge in [-0.15, -0.1) is 0 Å². The molecule has 4 nitrogen and oxygen atoms in total. The highest BCUT2D eigenvalue weighted by Crippen LogP contribution is 2.24. The van der Waals surface area contributed by atoms with E-state index in [-0.39, 0.29) is 11.7 Å². The molecule has 2 aromatic rings. The summed E-state index contributed by atoms with van der Waals surface area (Å²) >= 11 is 0. The third-order valence-corrected chi connectivity index (χ3v) is 4.55. The van der Waals surface area contributed by atoms with E-state index in [0.29, 0.717) is 30.6 Å². The lowest BCUT2D eigenvalue weighted by Gasteiger charge is -2.39. The van der Waals surface area contributed by atoms with Gasteiger partial charge in [-0.2, -0.15) is 0 Å². The molecule has 5 heteroatoms. The van der Waals surface area contributed by atoms with Crippen molar-refractivity contribution in [3.8, 4) is 0 Å². The number of amides is 1. The molecular weight excluding hydrogens is 295 g/mol. The van der Waals surface area contributed by atoms with E-state index in [1.54, 1.807) is 33.7 Å². The van der Waals surface area contributed by atoms with Crippen molar-refractivity contribution < 1.29 is 14.3 Å². The zero-order valence-corrected chi connectivity index (χ0v) is 13.2. The number of aryl methyl sites for hydroxylation is 1. The predicted octanol–water partition coefficient (Wildman–Crippen LogP) is 2.37. The maximum absolute atomic E-state index is 13.9. The summed E-state index contributed by atoms with van der Waals surface area (Å²) < 4.78 is 15.7. The molecule has 2 heterocycles. The summed E-state index contributed by atoms with van der Waals surface area (Å²) in [5, 5.41) is 10.4. The smallest absolute Gasteiger partial charge is 0.270 e. The first-order valence-electron chi connectivity index (χ1n) is 7.91. The maximum atomic E-state index is 13.9. The minimum atomic E-state index is -0.632. The number of carbonyl (C=O) groups excluding carboxylic acids is 1. The molecule has 1 saturated heterocycles. The van der Waals surface area contributed by atoms with E-state index >= 15 is 0 Å². The molecule has 0 unspecified atom stereocenters. The van der Waals surface area contributed by atoms with E-state index in [0.717, 1.165) is 6.42 Å². The highest BCUT2D eigenvalue weighted by molar-refractivity contribution is 5.93. The van der Waals surface area contributed by atoms with Crippen LogP contribution < -0.4 is 0 Å². The van der Waals surface area contributed by atoms with Crippen LogP contribution in [0.1, 0.15) is 28.9 Å². The minimum absolute atomic E-state index is 0.113. The number of rotatable bonds is 3. The normalized spacial score (nSPS) is 21.4. The summed E-state index contributed by atoms with van der Waals surface area (Å²) in [7, 11) is 1.82. The molecule has 1 fully saturated rings. The third kappa shape index (κ3) is 3.15. The first-order valence-corrected chi connectivity index (χ1v) is 7.91. The molecule has 0 aliphatic carbocycles. The Bertz CT molecular complexity index is 698. The van der Waals surface area contributed by atoms with Crippen LogP contribution in [0.4, 0.5) is 4.39 Å².